The third-order valence-electron chi connectivity index (χ3n) is 11.2. The molecule has 13 heteroatoms. The molecule has 4 saturated heterocycles. The summed E-state index contributed by atoms with van der Waals surface area (Å²) in [6.45, 7) is 12.8. The molecule has 0 amide bonds. The van der Waals surface area contributed by atoms with Crippen LogP contribution < -0.4 is 5.32 Å². The monoisotopic (exact) mass is 656 g/mol. The molecule has 0 saturated carbocycles. The van der Waals surface area contributed by atoms with Crippen LogP contribution in [0.3, 0.4) is 0 Å². The maximum absolute atomic E-state index is 16.5. The van der Waals surface area contributed by atoms with E-state index in [1.165, 1.54) is 14.0 Å². The Labute approximate surface area is 271 Å². The zero-order valence-corrected chi connectivity index (χ0v) is 29.0. The molecule has 12 nitrogen and oxygen atoms in total. The SMILES string of the molecule is CC[C@H]1OC(=O)[C@](C)(F)C(=O)[C@H](C)[C@@H](O[C@@H]2O[C@H](C)C[C@H](N(C)C)[C@H]2O)[C@@](C)(OC)C[C@@H](C)C(=O)[C@]2(C)CN[C@H]3C(=O)O[C@@]1(C)[C@H]32. The molecular weight excluding hydrogens is 603 g/mol. The Kier molecular flexibility index (Phi) is 10.2. The van der Waals surface area contributed by atoms with E-state index in [4.69, 9.17) is 23.7 Å². The van der Waals surface area contributed by atoms with Crippen molar-refractivity contribution < 1.29 is 52.4 Å². The van der Waals surface area contributed by atoms with Crippen LogP contribution in [0.1, 0.15) is 74.7 Å². The minimum absolute atomic E-state index is 0.0310. The molecule has 2 N–H and O–H groups in total. The number of aliphatic hydroxyl groups excluding tert-OH is 1. The number of hydrogen-bond donors (Lipinski definition) is 2. The second-order valence-corrected chi connectivity index (χ2v) is 14.9. The Morgan fingerprint density at radius 1 is 1.07 bits per heavy atom. The lowest BCUT2D eigenvalue weighted by Gasteiger charge is -2.48. The lowest BCUT2D eigenvalue weighted by atomic mass is 9.62. The van der Waals surface area contributed by atoms with Crippen molar-refractivity contribution in [3.8, 4) is 0 Å². The Morgan fingerprint density at radius 3 is 2.26 bits per heavy atom. The highest BCUT2D eigenvalue weighted by atomic mass is 19.1. The van der Waals surface area contributed by atoms with Crippen molar-refractivity contribution in [1.82, 2.24) is 10.2 Å². The lowest BCUT2D eigenvalue weighted by molar-refractivity contribution is -0.295. The predicted molar refractivity (Wildman–Crippen MR) is 163 cm³/mol. The van der Waals surface area contributed by atoms with E-state index in [0.29, 0.717) is 6.42 Å². The molecule has 4 rings (SSSR count). The number of likely N-dealkylation sites (N-methyl/N-ethyl adjacent to an activating group) is 1. The van der Waals surface area contributed by atoms with Crippen LogP contribution in [0.4, 0.5) is 4.39 Å². The Balaban J connectivity index is 1.84. The highest BCUT2D eigenvalue weighted by Crippen LogP contribution is 2.53. The number of hydrogen-bond acceptors (Lipinski definition) is 12. The van der Waals surface area contributed by atoms with Gasteiger partial charge in [0.25, 0.3) is 5.67 Å². The molecule has 0 aromatic carbocycles. The van der Waals surface area contributed by atoms with Gasteiger partial charge in [-0.3, -0.25) is 14.4 Å². The smallest absolute Gasteiger partial charge is 0.351 e. The number of cyclic esters (lactones) is 1. The summed E-state index contributed by atoms with van der Waals surface area (Å²) in [4.78, 5) is 57.0. The van der Waals surface area contributed by atoms with Crippen LogP contribution in [0.25, 0.3) is 0 Å². The zero-order valence-electron chi connectivity index (χ0n) is 29.0. The number of ketones is 2. The van der Waals surface area contributed by atoms with Gasteiger partial charge in [0.2, 0.25) is 0 Å². The maximum atomic E-state index is 16.5. The number of methoxy groups -OCH3 is 1. The number of Topliss-reactive ketones (excluding diaryl/α,β-unsaturated/α-hetero) is 2. The summed E-state index contributed by atoms with van der Waals surface area (Å²) in [6, 6.07) is -1.18. The molecule has 0 aromatic rings. The van der Waals surface area contributed by atoms with Gasteiger partial charge in [0, 0.05) is 42.9 Å². The maximum Gasteiger partial charge on any atom is 0.351 e. The van der Waals surface area contributed by atoms with Crippen LogP contribution in [0.5, 0.6) is 0 Å². The quantitative estimate of drug-likeness (QED) is 0.329. The normalized spacial score (nSPS) is 49.0. The average molecular weight is 657 g/mol. The molecular formula is C33H53FN2O10. The van der Waals surface area contributed by atoms with E-state index in [-0.39, 0.29) is 37.3 Å². The van der Waals surface area contributed by atoms with Crippen molar-refractivity contribution >= 4 is 23.5 Å². The summed E-state index contributed by atoms with van der Waals surface area (Å²) in [5.74, 6) is -6.11. The van der Waals surface area contributed by atoms with Crippen molar-refractivity contribution in [2.24, 2.45) is 23.2 Å². The molecule has 14 atom stereocenters. The highest BCUT2D eigenvalue weighted by molar-refractivity contribution is 6.08. The summed E-state index contributed by atoms with van der Waals surface area (Å²) < 4.78 is 46.6. The number of alkyl halides is 1. The van der Waals surface area contributed by atoms with Crippen LogP contribution in [-0.4, -0.2) is 121 Å². The number of carbonyl (C=O) groups excluding carboxylic acids is 4. The average Bonchev–Trinajstić information content (AvgIpc) is 3.49. The molecule has 0 radical (unpaired) electrons. The van der Waals surface area contributed by atoms with Crippen LogP contribution in [0, 0.1) is 23.2 Å². The fraction of sp³-hybridized carbons (Fsp3) is 0.879. The number of nitrogens with zero attached hydrogens (tertiary/aromatic N) is 1. The van der Waals surface area contributed by atoms with E-state index in [1.807, 2.05) is 25.9 Å². The first-order valence-electron chi connectivity index (χ1n) is 16.3. The van der Waals surface area contributed by atoms with Gasteiger partial charge in [-0.2, -0.15) is 0 Å². The van der Waals surface area contributed by atoms with Gasteiger partial charge < -0.3 is 39.0 Å². The van der Waals surface area contributed by atoms with E-state index >= 15 is 4.39 Å². The summed E-state index contributed by atoms with van der Waals surface area (Å²) >= 11 is 0. The van der Waals surface area contributed by atoms with Crippen molar-refractivity contribution in [3.05, 3.63) is 0 Å². The van der Waals surface area contributed by atoms with Gasteiger partial charge in [0.15, 0.2) is 17.7 Å². The van der Waals surface area contributed by atoms with Crippen molar-refractivity contribution in [1.29, 1.82) is 0 Å². The number of nitrogens with one attached hydrogen (secondary N) is 1. The Morgan fingerprint density at radius 2 is 1.70 bits per heavy atom. The van der Waals surface area contributed by atoms with Crippen LogP contribution in [0.2, 0.25) is 0 Å². The number of rotatable bonds is 5. The number of carbonyl (C=O) groups is 4. The molecule has 0 bridgehead atoms. The van der Waals surface area contributed by atoms with E-state index < -0.39 is 88.4 Å². The van der Waals surface area contributed by atoms with Crippen LogP contribution >= 0.6 is 0 Å². The van der Waals surface area contributed by atoms with Gasteiger partial charge in [0.1, 0.15) is 24.0 Å². The summed E-state index contributed by atoms with van der Waals surface area (Å²) in [5.41, 5.74) is -7.16. The minimum atomic E-state index is -3.13. The summed E-state index contributed by atoms with van der Waals surface area (Å²) in [5, 5.41) is 14.4. The molecule has 0 spiro atoms. The fourth-order valence-corrected chi connectivity index (χ4v) is 8.63. The number of halogens is 1. The lowest BCUT2D eigenvalue weighted by Crippen LogP contribution is -2.61. The van der Waals surface area contributed by atoms with Gasteiger partial charge >= 0.3 is 11.9 Å². The molecule has 0 unspecified atom stereocenters. The van der Waals surface area contributed by atoms with Crippen molar-refractivity contribution in [2.75, 3.05) is 27.7 Å². The third kappa shape index (κ3) is 5.93. The Hall–Kier alpha value is -2.03. The third-order valence-corrected chi connectivity index (χ3v) is 11.2. The summed E-state index contributed by atoms with van der Waals surface area (Å²) in [7, 11) is 5.05. The largest absolute Gasteiger partial charge is 0.455 e. The van der Waals surface area contributed by atoms with E-state index in [2.05, 4.69) is 5.32 Å². The fourth-order valence-electron chi connectivity index (χ4n) is 8.63. The summed E-state index contributed by atoms with van der Waals surface area (Å²) in [6.07, 6.45) is -4.41. The van der Waals surface area contributed by atoms with Crippen LogP contribution in [0.15, 0.2) is 0 Å². The van der Waals surface area contributed by atoms with Crippen molar-refractivity contribution in [3.63, 3.8) is 0 Å². The van der Waals surface area contributed by atoms with Gasteiger partial charge in [-0.05, 0) is 61.1 Å². The second kappa shape index (κ2) is 12.8. The topological polar surface area (TPSA) is 150 Å². The first kappa shape index (κ1) is 36.8. The van der Waals surface area contributed by atoms with Gasteiger partial charge in [-0.15, -0.1) is 0 Å². The molecule has 4 heterocycles. The standard InChI is InChI=1S/C33H53FN2O10/c1-12-20-33(8)23-21(27(40)46-33)35-15-30(23,5)24(38)16(2)14-31(6,42-11)26(18(4)25(39)32(7,34)29(41)44-20)45-28-22(37)19(36(9)10)13-17(3)43-28/h16-23,26,28,35,37H,12-15H2,1-11H3/t16-,17-,18+,19+,20-,21-,22-,23-,26-,28+,30-,31+,32-,33-/m1/s1. The minimum Gasteiger partial charge on any atom is -0.455 e. The number of esters is 2. The first-order chi connectivity index (χ1) is 21.2. The second-order valence-electron chi connectivity index (χ2n) is 14.9. The van der Waals surface area contributed by atoms with Gasteiger partial charge in [-0.25, -0.2) is 9.18 Å². The van der Waals surface area contributed by atoms with Gasteiger partial charge in [-0.1, -0.05) is 27.7 Å². The molecule has 0 aliphatic carbocycles. The molecule has 0 aromatic heterocycles. The first-order valence-corrected chi connectivity index (χ1v) is 16.3. The van der Waals surface area contributed by atoms with Crippen LogP contribution in [-0.2, 0) is 42.9 Å². The van der Waals surface area contributed by atoms with E-state index in [0.717, 1.165) is 6.92 Å². The van der Waals surface area contributed by atoms with E-state index in [9.17, 15) is 24.3 Å². The molecule has 4 fully saturated rings. The van der Waals surface area contributed by atoms with Crippen molar-refractivity contribution in [2.45, 2.75) is 134 Å². The van der Waals surface area contributed by atoms with E-state index in [1.54, 1.807) is 34.6 Å². The molecule has 262 valence electrons. The molecule has 46 heavy (non-hydrogen) atoms. The number of aliphatic hydroxyl groups is 1. The number of ether oxygens (including phenoxy) is 5. The van der Waals surface area contributed by atoms with Gasteiger partial charge in [0.05, 0.1) is 17.8 Å². The Bertz CT molecular complexity index is 1210. The predicted octanol–water partition coefficient (Wildman–Crippen LogP) is 1.98. The highest BCUT2D eigenvalue weighted by Gasteiger charge is 2.69. The molecule has 4 aliphatic rings. The zero-order chi connectivity index (χ0) is 34.7. The molecule has 4 aliphatic heterocycles.